The topological polar surface area (TPSA) is 152 Å². The number of carbonyl (C=O) groups excluding carboxylic acids is 1. The molecule has 0 saturated carbocycles. The van der Waals surface area contributed by atoms with Crippen molar-refractivity contribution < 1.29 is 33.6 Å². The summed E-state index contributed by atoms with van der Waals surface area (Å²) in [7, 11) is 0. The van der Waals surface area contributed by atoms with Gasteiger partial charge in [-0.3, -0.25) is 24.5 Å². The Bertz CT molecular complexity index is 811. The molecule has 1 heterocycles. The summed E-state index contributed by atoms with van der Waals surface area (Å²) < 4.78 is 31.3. The van der Waals surface area contributed by atoms with Crippen molar-refractivity contribution >= 4 is 5.97 Å². The Kier molecular flexibility index (Phi) is 10.0. The zero-order valence-corrected chi connectivity index (χ0v) is 17.0. The van der Waals surface area contributed by atoms with Crippen molar-refractivity contribution in [3.8, 4) is 0 Å². The Hall–Kier alpha value is -2.38. The number of H-pyrrole nitrogens is 1. The number of nitrogens with one attached hydrogen (secondary N) is 2. The fourth-order valence-electron chi connectivity index (χ4n) is 2.22. The number of hydrogen-bond donors (Lipinski definition) is 4. The Labute approximate surface area is 172 Å². The van der Waals surface area contributed by atoms with Crippen molar-refractivity contribution in [3.05, 3.63) is 45.8 Å². The first-order valence-corrected chi connectivity index (χ1v) is 9.15. The van der Waals surface area contributed by atoms with Gasteiger partial charge in [0.1, 0.15) is 18.8 Å². The van der Waals surface area contributed by atoms with Gasteiger partial charge in [0.25, 0.3) is 11.4 Å². The van der Waals surface area contributed by atoms with Gasteiger partial charge in [-0.1, -0.05) is 6.08 Å². The van der Waals surface area contributed by atoms with Crippen LogP contribution in [0.25, 0.3) is 0 Å². The van der Waals surface area contributed by atoms with Gasteiger partial charge in [0.05, 0.1) is 19.4 Å². The number of rotatable bonds is 13. The van der Waals surface area contributed by atoms with Gasteiger partial charge in [-0.05, 0) is 20.8 Å². The molecule has 12 heteroatoms. The predicted octanol–water partition coefficient (Wildman–Crippen LogP) is -0.839. The van der Waals surface area contributed by atoms with Crippen LogP contribution >= 0.6 is 0 Å². The highest BCUT2D eigenvalue weighted by Gasteiger charge is 2.41. The molecule has 0 unspecified atom stereocenters. The van der Waals surface area contributed by atoms with E-state index in [0.29, 0.717) is 0 Å². The van der Waals surface area contributed by atoms with E-state index >= 15 is 4.39 Å². The van der Waals surface area contributed by atoms with E-state index in [1.165, 1.54) is 6.92 Å². The van der Waals surface area contributed by atoms with E-state index < -0.39 is 54.7 Å². The van der Waals surface area contributed by atoms with Gasteiger partial charge in [-0.25, -0.2) is 9.18 Å². The summed E-state index contributed by atoms with van der Waals surface area (Å²) in [5, 5.41) is 22.1. The smallest absolute Gasteiger partial charge is 0.330 e. The summed E-state index contributed by atoms with van der Waals surface area (Å²) in [5.41, 5.74) is -1.64. The van der Waals surface area contributed by atoms with Crippen molar-refractivity contribution in [2.45, 2.75) is 51.1 Å². The van der Waals surface area contributed by atoms with Crippen LogP contribution in [0.3, 0.4) is 0 Å². The quantitative estimate of drug-likeness (QED) is 0.135. The molecule has 4 atom stereocenters. The number of esters is 1. The number of aliphatic hydroxyl groups is 2. The largest absolute Gasteiger partial charge is 0.462 e. The molecule has 4 N–H and O–H groups in total. The number of halogens is 1. The zero-order valence-electron chi connectivity index (χ0n) is 17.0. The van der Waals surface area contributed by atoms with Gasteiger partial charge in [0.15, 0.2) is 6.23 Å². The van der Waals surface area contributed by atoms with Crippen molar-refractivity contribution in [3.63, 3.8) is 0 Å². The number of nitrogens with zero attached hydrogens (tertiary/aromatic N) is 1. The summed E-state index contributed by atoms with van der Waals surface area (Å²) in [6.07, 6.45) is -1.90. The summed E-state index contributed by atoms with van der Waals surface area (Å²) in [5.74, 6) is -3.44. The lowest BCUT2D eigenvalue weighted by Crippen LogP contribution is -2.48. The average molecular weight is 433 g/mol. The van der Waals surface area contributed by atoms with E-state index in [4.69, 9.17) is 14.2 Å². The fraction of sp³-hybridized carbons (Fsp3) is 0.611. The SMILES string of the molecule is C=C[C@H](O)[C@@](F)(COCN[C@@H](C)C(=O)OC(C)C)O[C@H](CO)n1ccc(=O)[nH]c1=O. The van der Waals surface area contributed by atoms with Crippen LogP contribution < -0.4 is 16.6 Å². The maximum atomic E-state index is 15.3. The lowest BCUT2D eigenvalue weighted by atomic mass is 10.1. The van der Waals surface area contributed by atoms with Gasteiger partial charge in [0.2, 0.25) is 0 Å². The molecule has 1 rings (SSSR count). The first kappa shape index (κ1) is 25.7. The highest BCUT2D eigenvalue weighted by atomic mass is 19.2. The van der Waals surface area contributed by atoms with Crippen LogP contribution in [-0.4, -0.2) is 69.8 Å². The molecule has 0 amide bonds. The first-order chi connectivity index (χ1) is 14.0. The number of aromatic amines is 1. The minimum absolute atomic E-state index is 0.296. The molecule has 170 valence electrons. The lowest BCUT2D eigenvalue weighted by molar-refractivity contribution is -0.267. The molecule has 0 fully saturated rings. The van der Waals surface area contributed by atoms with Crippen LogP contribution in [-0.2, 0) is 19.0 Å². The monoisotopic (exact) mass is 433 g/mol. The van der Waals surface area contributed by atoms with Crippen LogP contribution in [0.2, 0.25) is 0 Å². The number of hydrogen-bond acceptors (Lipinski definition) is 9. The molecule has 0 spiro atoms. The molecule has 0 bridgehead atoms. The van der Waals surface area contributed by atoms with Crippen LogP contribution in [0, 0.1) is 0 Å². The van der Waals surface area contributed by atoms with Crippen LogP contribution in [0.5, 0.6) is 0 Å². The van der Waals surface area contributed by atoms with E-state index in [2.05, 4.69) is 11.9 Å². The van der Waals surface area contributed by atoms with Gasteiger partial charge in [0, 0.05) is 12.3 Å². The van der Waals surface area contributed by atoms with E-state index in [9.17, 15) is 24.6 Å². The molecule has 0 aromatic carbocycles. The first-order valence-electron chi connectivity index (χ1n) is 9.15. The maximum absolute atomic E-state index is 15.3. The molecular weight excluding hydrogens is 405 g/mol. The average Bonchev–Trinajstić information content (AvgIpc) is 2.68. The fourth-order valence-corrected chi connectivity index (χ4v) is 2.22. The third-order valence-corrected chi connectivity index (χ3v) is 3.81. The number of aromatic nitrogens is 2. The van der Waals surface area contributed by atoms with E-state index in [1.54, 1.807) is 13.8 Å². The number of alkyl halides is 1. The van der Waals surface area contributed by atoms with Gasteiger partial charge in [-0.2, -0.15) is 0 Å². The van der Waals surface area contributed by atoms with E-state index in [1.807, 2.05) is 4.98 Å². The van der Waals surface area contributed by atoms with E-state index in [0.717, 1.165) is 22.9 Å². The Balaban J connectivity index is 2.81. The normalized spacial score (nSPS) is 16.5. The third-order valence-electron chi connectivity index (χ3n) is 3.81. The number of ether oxygens (including phenoxy) is 3. The second-order valence-corrected chi connectivity index (χ2v) is 6.64. The zero-order chi connectivity index (χ0) is 22.9. The van der Waals surface area contributed by atoms with Crippen molar-refractivity contribution in [1.82, 2.24) is 14.9 Å². The molecule has 11 nitrogen and oxygen atoms in total. The van der Waals surface area contributed by atoms with Crippen molar-refractivity contribution in [2.75, 3.05) is 19.9 Å². The Morgan fingerprint density at radius 2 is 2.10 bits per heavy atom. The molecule has 0 aliphatic rings. The minimum atomic E-state index is -2.91. The highest BCUT2D eigenvalue weighted by Crippen LogP contribution is 2.25. The second-order valence-electron chi connectivity index (χ2n) is 6.64. The number of carbonyl (C=O) groups is 1. The molecule has 1 aromatic heterocycles. The lowest BCUT2D eigenvalue weighted by Gasteiger charge is -2.32. The molecule has 30 heavy (non-hydrogen) atoms. The van der Waals surface area contributed by atoms with Crippen LogP contribution in [0.4, 0.5) is 4.39 Å². The van der Waals surface area contributed by atoms with Crippen molar-refractivity contribution in [2.24, 2.45) is 0 Å². The Morgan fingerprint density at radius 1 is 1.43 bits per heavy atom. The molecule has 0 saturated heterocycles. The molecule has 0 aliphatic carbocycles. The van der Waals surface area contributed by atoms with Gasteiger partial charge >= 0.3 is 11.7 Å². The molecular formula is C18H28FN3O8. The molecule has 0 aliphatic heterocycles. The summed E-state index contributed by atoms with van der Waals surface area (Å²) in [6, 6.07) is 0.242. The maximum Gasteiger partial charge on any atom is 0.330 e. The molecule has 0 radical (unpaired) electrons. The van der Waals surface area contributed by atoms with Crippen molar-refractivity contribution in [1.29, 1.82) is 0 Å². The molecule has 1 aromatic rings. The number of aliphatic hydroxyl groups excluding tert-OH is 2. The van der Waals surface area contributed by atoms with Crippen LogP contribution in [0.15, 0.2) is 34.5 Å². The summed E-state index contributed by atoms with van der Waals surface area (Å²) in [6.45, 7) is 6.21. The summed E-state index contributed by atoms with van der Waals surface area (Å²) in [4.78, 5) is 36.7. The van der Waals surface area contributed by atoms with Gasteiger partial charge in [-0.15, -0.1) is 6.58 Å². The Morgan fingerprint density at radius 3 is 2.63 bits per heavy atom. The third kappa shape index (κ3) is 7.46. The predicted molar refractivity (Wildman–Crippen MR) is 103 cm³/mol. The van der Waals surface area contributed by atoms with E-state index in [-0.39, 0.29) is 12.8 Å². The minimum Gasteiger partial charge on any atom is -0.462 e. The second kappa shape index (κ2) is 11.7. The highest BCUT2D eigenvalue weighted by molar-refractivity contribution is 5.75. The standard InChI is InChI=1S/C18H28FN3O8/c1-5-13(24)18(19,9-28-10-20-12(4)16(26)29-11(2)3)30-15(8-23)22-7-6-14(25)21-17(22)27/h5-7,11-13,15,20,23-24H,1,8-10H2,2-4H3,(H,21,25,27)/t12-,13-,15+,18+/m0/s1. The van der Waals surface area contributed by atoms with Gasteiger partial charge < -0.3 is 24.4 Å². The summed E-state index contributed by atoms with van der Waals surface area (Å²) >= 11 is 0. The van der Waals surface area contributed by atoms with Crippen LogP contribution in [0.1, 0.15) is 27.0 Å².